The van der Waals surface area contributed by atoms with Gasteiger partial charge in [0.1, 0.15) is 0 Å². The summed E-state index contributed by atoms with van der Waals surface area (Å²) in [5.41, 5.74) is 1.38. The monoisotopic (exact) mass is 213 g/mol. The molecule has 0 heterocycles. The highest BCUT2D eigenvalue weighted by atomic mass is 35.5. The van der Waals surface area contributed by atoms with Gasteiger partial charge in [-0.25, -0.2) is 0 Å². The van der Waals surface area contributed by atoms with Crippen LogP contribution < -0.4 is 5.46 Å². The van der Waals surface area contributed by atoms with Crippen LogP contribution in [0.1, 0.15) is 5.56 Å². The first-order valence-corrected chi connectivity index (χ1v) is 4.34. The fourth-order valence-corrected chi connectivity index (χ4v) is 1.45. The molecule has 0 radical (unpaired) electrons. The maximum absolute atomic E-state index is 10.0. The molecular formula is C8H6BCl2NO. The summed E-state index contributed by atoms with van der Waals surface area (Å²) in [7, 11) is 0.0377. The van der Waals surface area contributed by atoms with Gasteiger partial charge in [0, 0.05) is 0 Å². The lowest BCUT2D eigenvalue weighted by molar-refractivity contribution is 1.68. The maximum atomic E-state index is 10.0. The lowest BCUT2D eigenvalue weighted by Crippen LogP contribution is -2.13. The summed E-state index contributed by atoms with van der Waals surface area (Å²) in [6.45, 7) is 3.58. The molecule has 66 valence electrons. The van der Waals surface area contributed by atoms with Crippen LogP contribution in [0.15, 0.2) is 23.8 Å². The van der Waals surface area contributed by atoms with E-state index in [0.29, 0.717) is 15.5 Å². The molecule has 2 nitrogen and oxygen atoms in total. The number of hydrogen-bond donors (Lipinski definition) is 0. The van der Waals surface area contributed by atoms with E-state index in [-0.39, 0.29) is 7.41 Å². The van der Waals surface area contributed by atoms with E-state index < -0.39 is 0 Å². The van der Waals surface area contributed by atoms with Crippen molar-refractivity contribution < 1.29 is 0 Å². The van der Waals surface area contributed by atoms with Crippen molar-refractivity contribution in [3.63, 3.8) is 0 Å². The number of nitrogens with zero attached hydrogens (tertiary/aromatic N) is 1. The molecule has 0 bridgehead atoms. The third kappa shape index (κ3) is 2.11. The van der Waals surface area contributed by atoms with Crippen LogP contribution in [0.4, 0.5) is 0 Å². The molecule has 1 aromatic carbocycles. The quantitative estimate of drug-likeness (QED) is 0.560. The SMILES string of the molecule is C=Cc1ccc(BN=O)c(Cl)c1Cl. The summed E-state index contributed by atoms with van der Waals surface area (Å²) >= 11 is 11.8. The lowest BCUT2D eigenvalue weighted by Gasteiger charge is -2.03. The normalized spacial score (nSPS) is 9.38. The molecule has 0 saturated carbocycles. The summed E-state index contributed by atoms with van der Waals surface area (Å²) in [5.74, 6) is 0. The average molecular weight is 214 g/mol. The molecular weight excluding hydrogens is 208 g/mol. The van der Waals surface area contributed by atoms with E-state index in [9.17, 15) is 4.91 Å². The molecule has 0 fully saturated rings. The topological polar surface area (TPSA) is 29.4 Å². The van der Waals surface area contributed by atoms with Crippen molar-refractivity contribution in [2.45, 2.75) is 0 Å². The number of rotatable bonds is 3. The second kappa shape index (κ2) is 4.44. The molecule has 0 aliphatic rings. The van der Waals surface area contributed by atoms with Gasteiger partial charge in [0.05, 0.1) is 10.0 Å². The number of benzene rings is 1. The number of nitroso groups, excluding NO2 is 1. The molecule has 0 spiro atoms. The summed E-state index contributed by atoms with van der Waals surface area (Å²) in [6, 6.07) is 3.47. The lowest BCUT2D eigenvalue weighted by atomic mass is 9.84. The largest absolute Gasteiger partial charge is 0.354 e. The van der Waals surface area contributed by atoms with Gasteiger partial charge in [0.15, 0.2) is 0 Å². The van der Waals surface area contributed by atoms with Crippen molar-refractivity contribution in [2.75, 3.05) is 0 Å². The van der Waals surface area contributed by atoms with Crippen LogP contribution in [0.2, 0.25) is 10.0 Å². The molecule has 5 heteroatoms. The van der Waals surface area contributed by atoms with E-state index in [1.165, 1.54) is 0 Å². The molecule has 13 heavy (non-hydrogen) atoms. The van der Waals surface area contributed by atoms with Crippen LogP contribution in [0, 0.1) is 4.91 Å². The van der Waals surface area contributed by atoms with Gasteiger partial charge in [-0.3, -0.25) is 0 Å². The van der Waals surface area contributed by atoms with Crippen molar-refractivity contribution in [3.05, 3.63) is 39.2 Å². The van der Waals surface area contributed by atoms with Crippen molar-refractivity contribution in [1.82, 2.24) is 0 Å². The Hall–Kier alpha value is -0.795. The van der Waals surface area contributed by atoms with E-state index in [1.54, 1.807) is 18.2 Å². The molecule has 0 aliphatic heterocycles. The average Bonchev–Trinajstić information content (AvgIpc) is 2.14. The Morgan fingerprint density at radius 1 is 1.38 bits per heavy atom. The predicted octanol–water partition coefficient (Wildman–Crippen LogP) is 2.38. The summed E-state index contributed by atoms with van der Waals surface area (Å²) in [4.78, 5) is 10.0. The van der Waals surface area contributed by atoms with Crippen molar-refractivity contribution in [2.24, 2.45) is 5.09 Å². The van der Waals surface area contributed by atoms with Gasteiger partial charge in [-0.2, -0.15) is 4.91 Å². The van der Waals surface area contributed by atoms with Crippen molar-refractivity contribution >= 4 is 42.2 Å². The van der Waals surface area contributed by atoms with Crippen LogP contribution in [0.25, 0.3) is 6.08 Å². The van der Waals surface area contributed by atoms with Crippen molar-refractivity contribution in [3.8, 4) is 0 Å². The summed E-state index contributed by atoms with van der Waals surface area (Å²) in [5, 5.41) is 3.53. The van der Waals surface area contributed by atoms with Gasteiger partial charge in [-0.1, -0.05) is 48.0 Å². The zero-order valence-electron chi connectivity index (χ0n) is 6.76. The predicted molar refractivity (Wildman–Crippen MR) is 59.1 cm³/mol. The fraction of sp³-hybridized carbons (Fsp3) is 0. The molecule has 0 unspecified atom stereocenters. The van der Waals surface area contributed by atoms with Gasteiger partial charge in [-0.05, 0) is 11.0 Å². The Balaban J connectivity index is 3.22. The minimum Gasteiger partial charge on any atom is -0.168 e. The molecule has 1 rings (SSSR count). The van der Waals surface area contributed by atoms with Crippen LogP contribution in [0.3, 0.4) is 0 Å². The second-order valence-electron chi connectivity index (χ2n) is 2.43. The Morgan fingerprint density at radius 3 is 2.62 bits per heavy atom. The third-order valence-corrected chi connectivity index (χ3v) is 2.58. The highest BCUT2D eigenvalue weighted by molar-refractivity contribution is 6.59. The van der Waals surface area contributed by atoms with E-state index in [1.807, 2.05) is 0 Å². The van der Waals surface area contributed by atoms with Crippen LogP contribution >= 0.6 is 23.2 Å². The number of halogens is 2. The van der Waals surface area contributed by atoms with E-state index >= 15 is 0 Å². The maximum Gasteiger partial charge on any atom is 0.354 e. The fourth-order valence-electron chi connectivity index (χ4n) is 0.954. The van der Waals surface area contributed by atoms with Gasteiger partial charge >= 0.3 is 7.41 Å². The highest BCUT2D eigenvalue weighted by Crippen LogP contribution is 2.24. The molecule has 0 aromatic heterocycles. The van der Waals surface area contributed by atoms with E-state index in [2.05, 4.69) is 11.7 Å². The Bertz CT molecular complexity index is 354. The first kappa shape index (κ1) is 10.3. The first-order chi connectivity index (χ1) is 6.20. The minimum absolute atomic E-state index is 0.0377. The zero-order valence-corrected chi connectivity index (χ0v) is 8.27. The molecule has 0 atom stereocenters. The highest BCUT2D eigenvalue weighted by Gasteiger charge is 2.09. The van der Waals surface area contributed by atoms with Crippen LogP contribution in [0.5, 0.6) is 0 Å². The molecule has 0 amide bonds. The van der Waals surface area contributed by atoms with Crippen molar-refractivity contribution in [1.29, 1.82) is 0 Å². The molecule has 0 N–H and O–H groups in total. The Morgan fingerprint density at radius 2 is 2.08 bits per heavy atom. The number of hydrogen-bond acceptors (Lipinski definition) is 2. The first-order valence-electron chi connectivity index (χ1n) is 3.59. The van der Waals surface area contributed by atoms with Gasteiger partial charge < -0.3 is 0 Å². The molecule has 0 saturated heterocycles. The standard InChI is InChI=1S/C8H6BCl2NO/c1-2-5-3-4-6(9-12-13)8(11)7(5)10/h2-4,9H,1H2. The van der Waals surface area contributed by atoms with E-state index in [0.717, 1.165) is 5.56 Å². The minimum atomic E-state index is 0.0377. The Labute approximate surface area is 86.8 Å². The van der Waals surface area contributed by atoms with Crippen LogP contribution in [-0.4, -0.2) is 7.41 Å². The smallest absolute Gasteiger partial charge is 0.168 e. The third-order valence-electron chi connectivity index (χ3n) is 1.65. The van der Waals surface area contributed by atoms with Gasteiger partial charge in [-0.15, -0.1) is 5.09 Å². The second-order valence-corrected chi connectivity index (χ2v) is 3.19. The van der Waals surface area contributed by atoms with Crippen LogP contribution in [-0.2, 0) is 0 Å². The van der Waals surface area contributed by atoms with Gasteiger partial charge in [0.2, 0.25) is 0 Å². The summed E-state index contributed by atoms with van der Waals surface area (Å²) < 4.78 is 0. The zero-order chi connectivity index (χ0) is 9.84. The van der Waals surface area contributed by atoms with E-state index in [4.69, 9.17) is 23.2 Å². The molecule has 0 aliphatic carbocycles. The molecule has 1 aromatic rings. The summed E-state index contributed by atoms with van der Waals surface area (Å²) in [6.07, 6.45) is 1.60. The van der Waals surface area contributed by atoms with Gasteiger partial charge in [0.25, 0.3) is 0 Å². The Kier molecular flexibility index (Phi) is 3.52.